The third kappa shape index (κ3) is 1.78. The molecule has 1 heterocycles. The van der Waals surface area contributed by atoms with Crippen molar-refractivity contribution >= 4 is 5.97 Å². The smallest absolute Gasteiger partial charge is 0.358 e. The summed E-state index contributed by atoms with van der Waals surface area (Å²) in [6.45, 7) is 3.83. The lowest BCUT2D eigenvalue weighted by molar-refractivity contribution is 0.0518. The van der Waals surface area contributed by atoms with Crippen LogP contribution >= 0.6 is 0 Å². The molecule has 0 radical (unpaired) electrons. The van der Waals surface area contributed by atoms with Gasteiger partial charge in [0.1, 0.15) is 0 Å². The summed E-state index contributed by atoms with van der Waals surface area (Å²) in [4.78, 5) is 18.9. The van der Waals surface area contributed by atoms with Crippen LogP contribution in [0.4, 0.5) is 0 Å². The maximum absolute atomic E-state index is 11.1. The van der Waals surface area contributed by atoms with E-state index in [9.17, 15) is 4.79 Å². The molecule has 1 aromatic rings. The maximum Gasteiger partial charge on any atom is 0.358 e. The number of esters is 1. The lowest BCUT2D eigenvalue weighted by atomic mass is 10.3. The zero-order valence-corrected chi connectivity index (χ0v) is 7.07. The van der Waals surface area contributed by atoms with Gasteiger partial charge in [-0.2, -0.15) is 0 Å². The molecule has 0 saturated carbocycles. The van der Waals surface area contributed by atoms with Gasteiger partial charge in [-0.05, 0) is 13.8 Å². The number of hydrogen-bond acceptors (Lipinski definition) is 4. The number of rotatable bonds is 2. The van der Waals surface area contributed by atoms with Crippen molar-refractivity contribution in [3.05, 3.63) is 23.8 Å². The Kier molecular flexibility index (Phi) is 2.74. The molecule has 0 aliphatic rings. The molecule has 64 valence electrons. The summed E-state index contributed by atoms with van der Waals surface area (Å²) in [6.07, 6.45) is 3.01. The highest BCUT2D eigenvalue weighted by molar-refractivity contribution is 5.88. The highest BCUT2D eigenvalue weighted by Gasteiger charge is 2.10. The first-order chi connectivity index (χ1) is 5.75. The molecule has 4 heteroatoms. The second kappa shape index (κ2) is 3.80. The van der Waals surface area contributed by atoms with Gasteiger partial charge in [-0.25, -0.2) is 9.78 Å². The minimum absolute atomic E-state index is 0.291. The molecular formula is C8H10N2O2. The number of nitrogens with zero attached hydrogens (tertiary/aromatic N) is 2. The summed E-state index contributed by atoms with van der Waals surface area (Å²) in [5.41, 5.74) is 0.885. The van der Waals surface area contributed by atoms with E-state index in [1.165, 1.54) is 12.4 Å². The fourth-order valence-corrected chi connectivity index (χ4v) is 0.807. The van der Waals surface area contributed by atoms with Crippen molar-refractivity contribution in [2.75, 3.05) is 6.61 Å². The Morgan fingerprint density at radius 3 is 2.75 bits per heavy atom. The van der Waals surface area contributed by atoms with E-state index in [0.717, 1.165) is 0 Å². The first kappa shape index (κ1) is 8.64. The van der Waals surface area contributed by atoms with Gasteiger partial charge in [0, 0.05) is 12.4 Å². The fraction of sp³-hybridized carbons (Fsp3) is 0.375. The van der Waals surface area contributed by atoms with Gasteiger partial charge in [0.2, 0.25) is 0 Å². The van der Waals surface area contributed by atoms with Crippen LogP contribution in [-0.2, 0) is 4.74 Å². The molecule has 0 atom stereocenters. The van der Waals surface area contributed by atoms with Crippen molar-refractivity contribution in [3.8, 4) is 0 Å². The van der Waals surface area contributed by atoms with E-state index in [1.54, 1.807) is 13.8 Å². The number of hydrogen-bond donors (Lipinski definition) is 0. The molecular weight excluding hydrogens is 156 g/mol. The summed E-state index contributed by atoms with van der Waals surface area (Å²) in [5.74, 6) is -0.414. The molecule has 0 aliphatic carbocycles. The van der Waals surface area contributed by atoms with Gasteiger partial charge < -0.3 is 4.74 Å². The Labute approximate surface area is 70.6 Å². The summed E-state index contributed by atoms with van der Waals surface area (Å²) >= 11 is 0. The largest absolute Gasteiger partial charge is 0.461 e. The second-order valence-corrected chi connectivity index (χ2v) is 2.21. The highest BCUT2D eigenvalue weighted by Crippen LogP contribution is 2.00. The fourth-order valence-electron chi connectivity index (χ4n) is 0.807. The number of carbonyl (C=O) groups excluding carboxylic acids is 1. The average Bonchev–Trinajstić information content (AvgIpc) is 2.05. The van der Waals surface area contributed by atoms with Crippen LogP contribution in [0.1, 0.15) is 23.1 Å². The molecule has 1 rings (SSSR count). The first-order valence-corrected chi connectivity index (χ1v) is 3.70. The molecule has 0 amide bonds. The summed E-state index contributed by atoms with van der Waals surface area (Å²) in [5, 5.41) is 0. The van der Waals surface area contributed by atoms with Crippen LogP contribution in [0.2, 0.25) is 0 Å². The van der Waals surface area contributed by atoms with E-state index >= 15 is 0 Å². The van der Waals surface area contributed by atoms with Crippen molar-refractivity contribution < 1.29 is 9.53 Å². The number of aryl methyl sites for hydroxylation is 1. The average molecular weight is 166 g/mol. The number of aromatic nitrogens is 2. The van der Waals surface area contributed by atoms with Crippen molar-refractivity contribution in [1.29, 1.82) is 0 Å². The number of carbonyl (C=O) groups is 1. The van der Waals surface area contributed by atoms with E-state index < -0.39 is 5.97 Å². The van der Waals surface area contributed by atoms with E-state index in [4.69, 9.17) is 4.74 Å². The van der Waals surface area contributed by atoms with Gasteiger partial charge in [-0.15, -0.1) is 0 Å². The predicted molar refractivity (Wildman–Crippen MR) is 42.7 cm³/mol. The van der Waals surface area contributed by atoms with Crippen LogP contribution < -0.4 is 0 Å². The van der Waals surface area contributed by atoms with Crippen molar-refractivity contribution in [2.24, 2.45) is 0 Å². The van der Waals surface area contributed by atoms with Gasteiger partial charge in [0.05, 0.1) is 12.3 Å². The van der Waals surface area contributed by atoms with Crippen molar-refractivity contribution in [2.45, 2.75) is 13.8 Å². The van der Waals surface area contributed by atoms with Gasteiger partial charge in [-0.1, -0.05) is 0 Å². The maximum atomic E-state index is 11.1. The molecule has 1 aromatic heterocycles. The minimum atomic E-state index is -0.414. The van der Waals surface area contributed by atoms with Crippen LogP contribution in [0.15, 0.2) is 12.4 Å². The SMILES string of the molecule is CCOC(=O)c1nccnc1C. The predicted octanol–water partition coefficient (Wildman–Crippen LogP) is 0.962. The zero-order chi connectivity index (χ0) is 8.97. The van der Waals surface area contributed by atoms with Crippen LogP contribution in [0.25, 0.3) is 0 Å². The molecule has 0 spiro atoms. The van der Waals surface area contributed by atoms with Gasteiger partial charge in [0.25, 0.3) is 0 Å². The van der Waals surface area contributed by atoms with Crippen LogP contribution in [-0.4, -0.2) is 22.5 Å². The Hall–Kier alpha value is -1.45. The lowest BCUT2D eigenvalue weighted by Gasteiger charge is -2.01. The molecule has 0 bridgehead atoms. The molecule has 0 unspecified atom stereocenters. The molecule has 12 heavy (non-hydrogen) atoms. The number of ether oxygens (including phenoxy) is 1. The lowest BCUT2D eigenvalue weighted by Crippen LogP contribution is -2.09. The topological polar surface area (TPSA) is 52.1 Å². The molecule has 4 nitrogen and oxygen atoms in total. The first-order valence-electron chi connectivity index (χ1n) is 3.70. The monoisotopic (exact) mass is 166 g/mol. The van der Waals surface area contributed by atoms with Crippen molar-refractivity contribution in [1.82, 2.24) is 9.97 Å². The standard InChI is InChI=1S/C8H10N2O2/c1-3-12-8(11)7-6(2)9-4-5-10-7/h4-5H,3H2,1-2H3. The highest BCUT2D eigenvalue weighted by atomic mass is 16.5. The summed E-state index contributed by atoms with van der Waals surface area (Å²) < 4.78 is 4.77. The summed E-state index contributed by atoms with van der Waals surface area (Å²) in [6, 6.07) is 0. The van der Waals surface area contributed by atoms with E-state index in [1.807, 2.05) is 0 Å². The Morgan fingerprint density at radius 1 is 1.50 bits per heavy atom. The minimum Gasteiger partial charge on any atom is -0.461 e. The quantitative estimate of drug-likeness (QED) is 0.614. The van der Waals surface area contributed by atoms with Crippen LogP contribution in [0.3, 0.4) is 0 Å². The Balaban J connectivity index is 2.87. The van der Waals surface area contributed by atoms with E-state index in [2.05, 4.69) is 9.97 Å². The third-order valence-electron chi connectivity index (χ3n) is 1.35. The van der Waals surface area contributed by atoms with Gasteiger partial charge in [-0.3, -0.25) is 4.98 Å². The molecule has 0 aromatic carbocycles. The van der Waals surface area contributed by atoms with Gasteiger partial charge >= 0.3 is 5.97 Å². The molecule has 0 N–H and O–H groups in total. The van der Waals surface area contributed by atoms with Crippen LogP contribution in [0, 0.1) is 6.92 Å². The van der Waals surface area contributed by atoms with Crippen molar-refractivity contribution in [3.63, 3.8) is 0 Å². The van der Waals surface area contributed by atoms with Crippen LogP contribution in [0.5, 0.6) is 0 Å². The van der Waals surface area contributed by atoms with Gasteiger partial charge in [0.15, 0.2) is 5.69 Å². The van der Waals surface area contributed by atoms with E-state index in [0.29, 0.717) is 18.0 Å². The zero-order valence-electron chi connectivity index (χ0n) is 7.07. The molecule has 0 fully saturated rings. The Morgan fingerprint density at radius 2 is 2.17 bits per heavy atom. The van der Waals surface area contributed by atoms with E-state index in [-0.39, 0.29) is 0 Å². The third-order valence-corrected chi connectivity index (χ3v) is 1.35. The second-order valence-electron chi connectivity index (χ2n) is 2.21. The molecule has 0 saturated heterocycles. The summed E-state index contributed by atoms with van der Waals surface area (Å²) in [7, 11) is 0. The Bertz CT molecular complexity index is 286. The normalized spacial score (nSPS) is 9.50. The molecule has 0 aliphatic heterocycles.